The first-order chi connectivity index (χ1) is 11.1. The van der Waals surface area contributed by atoms with Gasteiger partial charge in [-0.25, -0.2) is 4.98 Å². The lowest BCUT2D eigenvalue weighted by Gasteiger charge is -2.21. The number of imidazole rings is 1. The summed E-state index contributed by atoms with van der Waals surface area (Å²) in [5.74, 6) is 1.44. The molecule has 0 radical (unpaired) electrons. The monoisotopic (exact) mass is 316 g/mol. The van der Waals surface area contributed by atoms with Crippen LogP contribution >= 0.6 is 0 Å². The highest BCUT2D eigenvalue weighted by molar-refractivity contribution is 5.79. The second-order valence-electron chi connectivity index (χ2n) is 5.57. The van der Waals surface area contributed by atoms with Crippen molar-refractivity contribution in [1.82, 2.24) is 20.2 Å². The fourth-order valence-corrected chi connectivity index (χ4v) is 2.43. The highest BCUT2D eigenvalue weighted by atomic mass is 16.5. The van der Waals surface area contributed by atoms with Crippen LogP contribution in [0.25, 0.3) is 0 Å². The Balaban J connectivity index is 2.28. The third-order valence-electron chi connectivity index (χ3n) is 3.81. The average molecular weight is 316 g/mol. The second-order valence-corrected chi connectivity index (χ2v) is 5.57. The molecule has 1 aromatic carbocycles. The van der Waals surface area contributed by atoms with Crippen LogP contribution < -0.4 is 15.4 Å². The zero-order valence-electron chi connectivity index (χ0n) is 14.0. The molecule has 6 nitrogen and oxygen atoms in total. The first-order valence-corrected chi connectivity index (χ1v) is 7.63. The van der Waals surface area contributed by atoms with Crippen molar-refractivity contribution in [2.75, 3.05) is 20.7 Å². The highest BCUT2D eigenvalue weighted by Crippen LogP contribution is 2.23. The fraction of sp³-hybridized carbons (Fsp3) is 0.412. The van der Waals surface area contributed by atoms with Gasteiger partial charge in [-0.1, -0.05) is 19.1 Å². The second kappa shape index (κ2) is 7.78. The first kappa shape index (κ1) is 17.0. The summed E-state index contributed by atoms with van der Waals surface area (Å²) < 4.78 is 7.11. The van der Waals surface area contributed by atoms with Gasteiger partial charge in [0.2, 0.25) is 5.91 Å². The Labute approximate surface area is 136 Å². The van der Waals surface area contributed by atoms with Gasteiger partial charge in [0.25, 0.3) is 0 Å². The van der Waals surface area contributed by atoms with Crippen molar-refractivity contribution in [3.63, 3.8) is 0 Å². The van der Waals surface area contributed by atoms with Crippen LogP contribution in [0.4, 0.5) is 0 Å². The number of carbonyl (C=O) groups excluding carboxylic acids is 1. The number of nitrogens with zero attached hydrogens (tertiary/aromatic N) is 2. The number of aromatic nitrogens is 2. The van der Waals surface area contributed by atoms with Gasteiger partial charge in [0, 0.05) is 31.9 Å². The van der Waals surface area contributed by atoms with Crippen molar-refractivity contribution in [1.29, 1.82) is 0 Å². The van der Waals surface area contributed by atoms with E-state index in [-0.39, 0.29) is 17.9 Å². The predicted octanol–water partition coefficient (Wildman–Crippen LogP) is 1.49. The van der Waals surface area contributed by atoms with Gasteiger partial charge in [0.15, 0.2) is 0 Å². The lowest BCUT2D eigenvalue weighted by atomic mass is 10.0. The number of hydrogen-bond donors (Lipinski definition) is 2. The Kier molecular flexibility index (Phi) is 5.76. The van der Waals surface area contributed by atoms with Crippen molar-refractivity contribution in [3.8, 4) is 5.75 Å². The number of benzene rings is 1. The molecule has 2 N–H and O–H groups in total. The molecule has 0 aliphatic heterocycles. The molecule has 2 rings (SSSR count). The van der Waals surface area contributed by atoms with Crippen LogP contribution in [0.1, 0.15) is 24.4 Å². The van der Waals surface area contributed by atoms with Crippen LogP contribution in [0.15, 0.2) is 36.7 Å². The van der Waals surface area contributed by atoms with E-state index in [0.717, 1.165) is 17.1 Å². The number of methoxy groups -OCH3 is 1. The smallest absolute Gasteiger partial charge is 0.224 e. The molecule has 124 valence electrons. The van der Waals surface area contributed by atoms with Gasteiger partial charge in [0.1, 0.15) is 17.6 Å². The Morgan fingerprint density at radius 2 is 2.04 bits per heavy atom. The number of nitrogens with one attached hydrogen (secondary N) is 2. The standard InChI is InChI=1S/C17H24N4O2/c1-12(11-18-2)17(22)20-15(16-19-9-10-21(16)3)13-5-7-14(23-4)8-6-13/h5-10,12,15,18H,11H2,1-4H3,(H,20,22). The zero-order chi connectivity index (χ0) is 16.8. The first-order valence-electron chi connectivity index (χ1n) is 7.63. The summed E-state index contributed by atoms with van der Waals surface area (Å²) in [6.45, 7) is 2.52. The maximum atomic E-state index is 12.4. The van der Waals surface area contributed by atoms with E-state index in [0.29, 0.717) is 6.54 Å². The Morgan fingerprint density at radius 3 is 2.57 bits per heavy atom. The summed E-state index contributed by atoms with van der Waals surface area (Å²) in [5, 5.41) is 6.12. The number of rotatable bonds is 7. The molecule has 6 heteroatoms. The molecule has 1 aromatic heterocycles. The largest absolute Gasteiger partial charge is 0.497 e. The number of carbonyl (C=O) groups is 1. The zero-order valence-corrected chi connectivity index (χ0v) is 14.0. The van der Waals surface area contributed by atoms with Crippen molar-refractivity contribution in [2.45, 2.75) is 13.0 Å². The van der Waals surface area contributed by atoms with Gasteiger partial charge in [-0.05, 0) is 24.7 Å². The lowest BCUT2D eigenvalue weighted by molar-refractivity contribution is -0.124. The maximum Gasteiger partial charge on any atom is 0.224 e. The predicted molar refractivity (Wildman–Crippen MR) is 89.3 cm³/mol. The summed E-state index contributed by atoms with van der Waals surface area (Å²) in [4.78, 5) is 16.8. The summed E-state index contributed by atoms with van der Waals surface area (Å²) in [5.41, 5.74) is 0.963. The topological polar surface area (TPSA) is 68.2 Å². The molecule has 2 aromatic rings. The van der Waals surface area contributed by atoms with Crippen LogP contribution in [0, 0.1) is 5.92 Å². The van der Waals surface area contributed by atoms with Crippen molar-refractivity contribution < 1.29 is 9.53 Å². The van der Waals surface area contributed by atoms with E-state index in [1.165, 1.54) is 0 Å². The van der Waals surface area contributed by atoms with Gasteiger partial charge in [-0.3, -0.25) is 4.79 Å². The lowest BCUT2D eigenvalue weighted by Crippen LogP contribution is -2.38. The number of ether oxygens (including phenoxy) is 1. The van der Waals surface area contributed by atoms with E-state index in [9.17, 15) is 4.79 Å². The molecular formula is C17H24N4O2. The van der Waals surface area contributed by atoms with Gasteiger partial charge in [-0.15, -0.1) is 0 Å². The van der Waals surface area contributed by atoms with Crippen LogP contribution in [0.2, 0.25) is 0 Å². The highest BCUT2D eigenvalue weighted by Gasteiger charge is 2.23. The van der Waals surface area contributed by atoms with Gasteiger partial charge < -0.3 is 19.9 Å². The van der Waals surface area contributed by atoms with E-state index in [4.69, 9.17) is 4.74 Å². The molecular weight excluding hydrogens is 292 g/mol. The molecule has 1 heterocycles. The third-order valence-corrected chi connectivity index (χ3v) is 3.81. The van der Waals surface area contributed by atoms with Crippen LogP contribution in [0.5, 0.6) is 5.75 Å². The van der Waals surface area contributed by atoms with E-state index in [2.05, 4.69) is 15.6 Å². The Morgan fingerprint density at radius 1 is 1.35 bits per heavy atom. The van der Waals surface area contributed by atoms with Crippen LogP contribution in [-0.4, -0.2) is 36.2 Å². The van der Waals surface area contributed by atoms with Gasteiger partial charge >= 0.3 is 0 Å². The fourth-order valence-electron chi connectivity index (χ4n) is 2.43. The van der Waals surface area contributed by atoms with Crippen molar-refractivity contribution >= 4 is 5.91 Å². The minimum Gasteiger partial charge on any atom is -0.497 e. The Bertz CT molecular complexity index is 636. The van der Waals surface area contributed by atoms with Crippen molar-refractivity contribution in [3.05, 3.63) is 48.0 Å². The normalized spacial score (nSPS) is 13.4. The number of amides is 1. The molecule has 0 saturated carbocycles. The molecule has 0 saturated heterocycles. The SMILES string of the molecule is CNCC(C)C(=O)NC(c1ccc(OC)cc1)c1nccn1C. The number of aryl methyl sites for hydroxylation is 1. The summed E-state index contributed by atoms with van der Waals surface area (Å²) in [6, 6.07) is 7.36. The van der Waals surface area contributed by atoms with E-state index >= 15 is 0 Å². The van der Waals surface area contributed by atoms with E-state index in [1.807, 2.05) is 56.0 Å². The molecule has 0 bridgehead atoms. The van der Waals surface area contributed by atoms with Crippen LogP contribution in [0.3, 0.4) is 0 Å². The van der Waals surface area contributed by atoms with E-state index < -0.39 is 0 Å². The van der Waals surface area contributed by atoms with Gasteiger partial charge in [0.05, 0.1) is 7.11 Å². The van der Waals surface area contributed by atoms with Gasteiger partial charge in [-0.2, -0.15) is 0 Å². The molecule has 23 heavy (non-hydrogen) atoms. The summed E-state index contributed by atoms with van der Waals surface area (Å²) in [7, 11) is 5.39. The molecule has 0 aliphatic rings. The summed E-state index contributed by atoms with van der Waals surface area (Å²) in [6.07, 6.45) is 3.60. The average Bonchev–Trinajstić information content (AvgIpc) is 2.98. The molecule has 0 fully saturated rings. The third kappa shape index (κ3) is 4.10. The number of hydrogen-bond acceptors (Lipinski definition) is 4. The summed E-state index contributed by atoms with van der Waals surface area (Å²) >= 11 is 0. The maximum absolute atomic E-state index is 12.4. The van der Waals surface area contributed by atoms with Crippen molar-refractivity contribution in [2.24, 2.45) is 13.0 Å². The molecule has 0 aliphatic carbocycles. The molecule has 2 unspecified atom stereocenters. The van der Waals surface area contributed by atoms with E-state index in [1.54, 1.807) is 13.3 Å². The Hall–Kier alpha value is -2.34. The molecule has 1 amide bonds. The minimum atomic E-state index is -0.298. The molecule has 0 spiro atoms. The quantitative estimate of drug-likeness (QED) is 0.812. The van der Waals surface area contributed by atoms with Crippen LogP contribution in [-0.2, 0) is 11.8 Å². The molecule has 2 atom stereocenters. The minimum absolute atomic E-state index is 0.0110.